The fourth-order valence-electron chi connectivity index (χ4n) is 2.02. The summed E-state index contributed by atoms with van der Waals surface area (Å²) >= 11 is 0. The van der Waals surface area contributed by atoms with E-state index in [4.69, 9.17) is 10.00 Å². The molecule has 116 valence electrons. The molecular weight excluding hydrogens is 268 g/mol. The standard InChI is InChI=1S/C16H24N2O3/c1-12(2)7-14(10-19)18-9-15(20)11-21-16-6-4-3-5-13(16)8-17/h3-6,12,14-15,18-20H,7,9-11H2,1-2H3. The van der Waals surface area contributed by atoms with Gasteiger partial charge in [-0.05, 0) is 24.5 Å². The molecule has 0 spiro atoms. The number of nitrogens with one attached hydrogen (secondary N) is 1. The summed E-state index contributed by atoms with van der Waals surface area (Å²) in [5.74, 6) is 0.950. The molecule has 1 aromatic carbocycles. The van der Waals surface area contributed by atoms with E-state index in [2.05, 4.69) is 19.2 Å². The van der Waals surface area contributed by atoms with Crippen molar-refractivity contribution in [2.45, 2.75) is 32.4 Å². The lowest BCUT2D eigenvalue weighted by Crippen LogP contribution is -2.40. The number of rotatable bonds is 9. The van der Waals surface area contributed by atoms with E-state index in [1.807, 2.05) is 6.07 Å². The van der Waals surface area contributed by atoms with Gasteiger partial charge in [0.15, 0.2) is 0 Å². The van der Waals surface area contributed by atoms with Crippen molar-refractivity contribution in [3.05, 3.63) is 29.8 Å². The van der Waals surface area contributed by atoms with Gasteiger partial charge in [-0.1, -0.05) is 26.0 Å². The van der Waals surface area contributed by atoms with Crippen LogP contribution in [0.4, 0.5) is 0 Å². The molecule has 0 aliphatic carbocycles. The molecule has 2 atom stereocenters. The van der Waals surface area contributed by atoms with Gasteiger partial charge in [0.1, 0.15) is 24.5 Å². The molecule has 0 saturated heterocycles. The Labute approximate surface area is 126 Å². The fraction of sp³-hybridized carbons (Fsp3) is 0.562. The van der Waals surface area contributed by atoms with Crippen LogP contribution in [0, 0.1) is 17.2 Å². The first-order chi connectivity index (χ1) is 10.1. The van der Waals surface area contributed by atoms with Crippen molar-refractivity contribution in [3.63, 3.8) is 0 Å². The second kappa shape index (κ2) is 9.35. The molecule has 0 heterocycles. The minimum Gasteiger partial charge on any atom is -0.489 e. The first-order valence-electron chi connectivity index (χ1n) is 7.21. The monoisotopic (exact) mass is 292 g/mol. The zero-order valence-corrected chi connectivity index (χ0v) is 12.6. The lowest BCUT2D eigenvalue weighted by molar-refractivity contribution is 0.0980. The molecule has 0 saturated carbocycles. The number of nitrogens with zero attached hydrogens (tertiary/aromatic N) is 1. The molecule has 21 heavy (non-hydrogen) atoms. The topological polar surface area (TPSA) is 85.5 Å². The number of benzene rings is 1. The number of aliphatic hydroxyl groups is 2. The van der Waals surface area contributed by atoms with Gasteiger partial charge in [0, 0.05) is 12.6 Å². The van der Waals surface area contributed by atoms with Crippen molar-refractivity contribution in [1.82, 2.24) is 5.32 Å². The Balaban J connectivity index is 2.37. The molecule has 0 fully saturated rings. The Morgan fingerprint density at radius 3 is 2.67 bits per heavy atom. The van der Waals surface area contributed by atoms with Gasteiger partial charge in [0.25, 0.3) is 0 Å². The lowest BCUT2D eigenvalue weighted by atomic mass is 10.0. The average molecular weight is 292 g/mol. The molecule has 0 radical (unpaired) electrons. The van der Waals surface area contributed by atoms with Crippen molar-refractivity contribution in [2.24, 2.45) is 5.92 Å². The van der Waals surface area contributed by atoms with Gasteiger partial charge < -0.3 is 20.3 Å². The SMILES string of the molecule is CC(C)CC(CO)NCC(O)COc1ccccc1C#N. The quantitative estimate of drug-likeness (QED) is 0.638. The molecule has 2 unspecified atom stereocenters. The van der Waals surface area contributed by atoms with Gasteiger partial charge in [-0.15, -0.1) is 0 Å². The summed E-state index contributed by atoms with van der Waals surface area (Å²) in [5.41, 5.74) is 0.450. The first-order valence-corrected chi connectivity index (χ1v) is 7.21. The number of nitriles is 1. The van der Waals surface area contributed by atoms with Crippen LogP contribution in [0.1, 0.15) is 25.8 Å². The number of aliphatic hydroxyl groups excluding tert-OH is 2. The van der Waals surface area contributed by atoms with Crippen LogP contribution in [-0.2, 0) is 0 Å². The molecule has 3 N–H and O–H groups in total. The Bertz CT molecular complexity index is 457. The molecule has 0 aromatic heterocycles. The lowest BCUT2D eigenvalue weighted by Gasteiger charge is -2.20. The summed E-state index contributed by atoms with van der Waals surface area (Å²) in [6, 6.07) is 8.94. The Hall–Kier alpha value is -1.61. The highest BCUT2D eigenvalue weighted by atomic mass is 16.5. The minimum absolute atomic E-state index is 0.0222. The van der Waals surface area contributed by atoms with E-state index in [1.165, 1.54) is 0 Å². The Morgan fingerprint density at radius 1 is 1.33 bits per heavy atom. The summed E-state index contributed by atoms with van der Waals surface area (Å²) < 4.78 is 5.46. The van der Waals surface area contributed by atoms with Crippen molar-refractivity contribution >= 4 is 0 Å². The maximum absolute atomic E-state index is 9.90. The van der Waals surface area contributed by atoms with Crippen LogP contribution in [0.5, 0.6) is 5.75 Å². The van der Waals surface area contributed by atoms with Crippen LogP contribution in [-0.4, -0.2) is 42.1 Å². The fourth-order valence-corrected chi connectivity index (χ4v) is 2.02. The number of hydrogen-bond acceptors (Lipinski definition) is 5. The summed E-state index contributed by atoms with van der Waals surface area (Å²) in [7, 11) is 0. The van der Waals surface area contributed by atoms with Crippen LogP contribution < -0.4 is 10.1 Å². The molecule has 0 aliphatic rings. The van der Waals surface area contributed by atoms with E-state index in [9.17, 15) is 10.2 Å². The van der Waals surface area contributed by atoms with Gasteiger partial charge >= 0.3 is 0 Å². The third-order valence-electron chi connectivity index (χ3n) is 3.06. The highest BCUT2D eigenvalue weighted by molar-refractivity contribution is 5.42. The van der Waals surface area contributed by atoms with E-state index in [0.29, 0.717) is 23.8 Å². The summed E-state index contributed by atoms with van der Waals surface area (Å²) in [4.78, 5) is 0. The summed E-state index contributed by atoms with van der Waals surface area (Å²) in [6.07, 6.45) is 0.152. The highest BCUT2D eigenvalue weighted by Crippen LogP contribution is 2.16. The average Bonchev–Trinajstić information content (AvgIpc) is 2.49. The van der Waals surface area contributed by atoms with E-state index >= 15 is 0 Å². The van der Waals surface area contributed by atoms with E-state index in [-0.39, 0.29) is 19.3 Å². The minimum atomic E-state index is -0.696. The Kier molecular flexibility index (Phi) is 7.76. The maximum Gasteiger partial charge on any atom is 0.137 e. The van der Waals surface area contributed by atoms with Crippen LogP contribution in [0.15, 0.2) is 24.3 Å². The van der Waals surface area contributed by atoms with Gasteiger partial charge in [-0.25, -0.2) is 0 Å². The zero-order valence-electron chi connectivity index (χ0n) is 12.6. The van der Waals surface area contributed by atoms with E-state index < -0.39 is 6.10 Å². The van der Waals surface area contributed by atoms with Gasteiger partial charge in [0.05, 0.1) is 12.2 Å². The number of hydrogen-bond donors (Lipinski definition) is 3. The second-order valence-electron chi connectivity index (χ2n) is 5.49. The van der Waals surface area contributed by atoms with Crippen molar-refractivity contribution in [1.29, 1.82) is 5.26 Å². The molecule has 0 aliphatic heterocycles. The Morgan fingerprint density at radius 2 is 2.05 bits per heavy atom. The summed E-state index contributed by atoms with van der Waals surface area (Å²) in [6.45, 7) is 4.66. The molecule has 5 nitrogen and oxygen atoms in total. The predicted octanol–water partition coefficient (Wildman–Crippen LogP) is 1.29. The second-order valence-corrected chi connectivity index (χ2v) is 5.49. The van der Waals surface area contributed by atoms with E-state index in [0.717, 1.165) is 6.42 Å². The third-order valence-corrected chi connectivity index (χ3v) is 3.06. The molecule has 0 bridgehead atoms. The largest absolute Gasteiger partial charge is 0.489 e. The summed E-state index contributed by atoms with van der Waals surface area (Å²) in [5, 5.41) is 31.2. The van der Waals surface area contributed by atoms with Crippen LogP contribution in [0.3, 0.4) is 0 Å². The van der Waals surface area contributed by atoms with Crippen LogP contribution >= 0.6 is 0 Å². The van der Waals surface area contributed by atoms with Crippen LogP contribution in [0.2, 0.25) is 0 Å². The van der Waals surface area contributed by atoms with Crippen molar-refractivity contribution in [3.8, 4) is 11.8 Å². The van der Waals surface area contributed by atoms with Gasteiger partial charge in [-0.3, -0.25) is 0 Å². The normalized spacial score (nSPS) is 13.7. The molecular formula is C16H24N2O3. The molecule has 1 aromatic rings. The first kappa shape index (κ1) is 17.4. The van der Waals surface area contributed by atoms with Crippen molar-refractivity contribution in [2.75, 3.05) is 19.8 Å². The molecule has 5 heteroatoms. The van der Waals surface area contributed by atoms with Gasteiger partial charge in [-0.2, -0.15) is 5.26 Å². The van der Waals surface area contributed by atoms with Gasteiger partial charge in [0.2, 0.25) is 0 Å². The zero-order chi connectivity index (χ0) is 15.7. The maximum atomic E-state index is 9.90. The van der Waals surface area contributed by atoms with E-state index in [1.54, 1.807) is 24.3 Å². The number of ether oxygens (including phenoxy) is 1. The smallest absolute Gasteiger partial charge is 0.137 e. The molecule has 0 amide bonds. The van der Waals surface area contributed by atoms with Crippen molar-refractivity contribution < 1.29 is 14.9 Å². The van der Waals surface area contributed by atoms with Crippen LogP contribution in [0.25, 0.3) is 0 Å². The third kappa shape index (κ3) is 6.58. The molecule has 1 rings (SSSR count). The predicted molar refractivity (Wildman–Crippen MR) is 81.0 cm³/mol. The highest BCUT2D eigenvalue weighted by Gasteiger charge is 2.13. The number of para-hydroxylation sites is 1.